The summed E-state index contributed by atoms with van der Waals surface area (Å²) in [6.07, 6.45) is 6.03. The van der Waals surface area contributed by atoms with Crippen molar-refractivity contribution in [2.75, 3.05) is 0 Å². The second-order valence-electron chi connectivity index (χ2n) is 9.02. The molecular formula is C21H30Cl2SiZr. The number of hydrogen-bond acceptors (Lipinski definition) is 0. The summed E-state index contributed by atoms with van der Waals surface area (Å²) in [6, 6.07) is 15.7. The van der Waals surface area contributed by atoms with Crippen molar-refractivity contribution in [1.29, 1.82) is 0 Å². The van der Waals surface area contributed by atoms with Crippen molar-refractivity contribution < 1.29 is 17.4 Å². The predicted molar refractivity (Wildman–Crippen MR) is 118 cm³/mol. The van der Waals surface area contributed by atoms with Crippen molar-refractivity contribution >= 4 is 35.0 Å². The quantitative estimate of drug-likeness (QED) is 0.481. The first-order valence-electron chi connectivity index (χ1n) is 8.54. The van der Waals surface area contributed by atoms with Crippen molar-refractivity contribution in [3.8, 4) is 11.1 Å². The maximum atomic E-state index is 2.60. The van der Waals surface area contributed by atoms with Crippen molar-refractivity contribution in [2.45, 2.75) is 36.5 Å². The third kappa shape index (κ3) is 4.24. The van der Waals surface area contributed by atoms with Gasteiger partial charge in [-0.3, -0.25) is 0 Å². The molecule has 0 fully saturated rings. The van der Waals surface area contributed by atoms with E-state index in [9.17, 15) is 0 Å². The average Bonchev–Trinajstić information content (AvgIpc) is 3.02. The van der Waals surface area contributed by atoms with E-state index in [4.69, 9.17) is 0 Å². The molecule has 0 radical (unpaired) electrons. The fraction of sp³-hybridized carbons (Fsp3) is 0.333. The molecule has 0 atom stereocenters. The zero-order valence-electron chi connectivity index (χ0n) is 15.9. The zero-order valence-corrected chi connectivity index (χ0v) is 21.4. The molecule has 0 nitrogen and oxygen atoms in total. The molecule has 0 aromatic rings. The maximum Gasteiger partial charge on any atom is -0.147 e. The van der Waals surface area contributed by atoms with Gasteiger partial charge in [-0.05, 0) is 0 Å². The summed E-state index contributed by atoms with van der Waals surface area (Å²) in [5.41, 5.74) is 4.71. The molecule has 136 valence electrons. The van der Waals surface area contributed by atoms with Crippen LogP contribution >= 0.6 is 24.8 Å². The fourth-order valence-corrected chi connectivity index (χ4v) is 15.4. The Labute approximate surface area is 167 Å². The SMILES string of the molecule is CC(C)(C)C1=CC=[C]([Zr]([CH3])([CH3])(=[SiH2])[c]2ccc3cccccc2-3)C1.Cl.Cl. The topological polar surface area (TPSA) is 0 Å². The fourth-order valence-electron chi connectivity index (χ4n) is 3.68. The molecule has 0 N–H and O–H groups in total. The number of allylic oxidation sites excluding steroid dienone is 4. The molecular weight excluding hydrogens is 442 g/mol. The first kappa shape index (κ1) is 22.9. The summed E-state index contributed by atoms with van der Waals surface area (Å²) in [5.74, 6) is 0. The van der Waals surface area contributed by atoms with Crippen LogP contribution < -0.4 is 3.27 Å². The van der Waals surface area contributed by atoms with E-state index < -0.39 is 17.4 Å². The van der Waals surface area contributed by atoms with E-state index in [1.54, 1.807) is 12.1 Å². The van der Waals surface area contributed by atoms with Gasteiger partial charge in [0.25, 0.3) is 0 Å². The Morgan fingerprint density at radius 2 is 1.52 bits per heavy atom. The molecule has 0 aliphatic heterocycles. The standard InChI is InChI=1S/C10H7.C9H13.2CH3.2ClH.H2Si.Zr/c1-2-5-9-7-4-8-10(9)6-3-1;1-9(2,3)8-6-4-5-7-8;;;;;;/h1-7H;4,6H,7H2,1-3H3;2*1H3;2*1H;1H2;. The Bertz CT molecular complexity index is 866. The van der Waals surface area contributed by atoms with Crippen molar-refractivity contribution in [2.24, 2.45) is 5.41 Å². The van der Waals surface area contributed by atoms with Gasteiger partial charge in [0.05, 0.1) is 0 Å². The summed E-state index contributed by atoms with van der Waals surface area (Å²) in [4.78, 5) is 0. The van der Waals surface area contributed by atoms with Gasteiger partial charge in [0.1, 0.15) is 0 Å². The van der Waals surface area contributed by atoms with Gasteiger partial charge >= 0.3 is 144 Å². The normalized spacial score (nSPS) is 15.1. The monoisotopic (exact) mass is 470 g/mol. The van der Waals surface area contributed by atoms with Gasteiger partial charge in [-0.15, -0.1) is 24.8 Å². The smallest absolute Gasteiger partial charge is 0.147 e. The molecule has 3 rings (SSSR count). The van der Waals surface area contributed by atoms with E-state index in [0.717, 1.165) is 0 Å². The van der Waals surface area contributed by atoms with Gasteiger partial charge in [0.2, 0.25) is 0 Å². The van der Waals surface area contributed by atoms with E-state index in [2.05, 4.69) is 91.5 Å². The minimum Gasteiger partial charge on any atom is -0.147 e. The summed E-state index contributed by atoms with van der Waals surface area (Å²) in [7, 11) is 0. The molecule has 3 aliphatic rings. The molecule has 0 amide bonds. The molecule has 0 saturated heterocycles. The van der Waals surface area contributed by atoms with Crippen LogP contribution in [0.4, 0.5) is 0 Å². The molecule has 0 unspecified atom stereocenters. The van der Waals surface area contributed by atoms with Crippen LogP contribution in [-0.4, -0.2) is 6.88 Å². The van der Waals surface area contributed by atoms with Gasteiger partial charge in [0.15, 0.2) is 0 Å². The molecule has 0 aromatic carbocycles. The van der Waals surface area contributed by atoms with E-state index in [1.807, 2.05) is 0 Å². The van der Waals surface area contributed by atoms with Gasteiger partial charge in [-0.25, -0.2) is 0 Å². The first-order chi connectivity index (χ1) is 10.6. The van der Waals surface area contributed by atoms with Crippen LogP contribution in [0.5, 0.6) is 0 Å². The minimum absolute atomic E-state index is 0. The van der Waals surface area contributed by atoms with Crippen LogP contribution in [0, 0.1) is 5.41 Å². The van der Waals surface area contributed by atoms with Gasteiger partial charge in [-0.1, -0.05) is 0 Å². The third-order valence-electron chi connectivity index (χ3n) is 5.52. The van der Waals surface area contributed by atoms with Crippen molar-refractivity contribution in [3.05, 3.63) is 63.5 Å². The summed E-state index contributed by atoms with van der Waals surface area (Å²) in [5, 5.41) is 0. The van der Waals surface area contributed by atoms with Crippen LogP contribution in [-0.2, 0) is 17.4 Å². The van der Waals surface area contributed by atoms with Crippen LogP contribution in [0.15, 0.2) is 63.5 Å². The molecule has 0 saturated carbocycles. The predicted octanol–water partition coefficient (Wildman–Crippen LogP) is 5.85. The van der Waals surface area contributed by atoms with Gasteiger partial charge in [-0.2, -0.15) is 0 Å². The average molecular weight is 473 g/mol. The number of hydrogen-bond donors (Lipinski definition) is 0. The summed E-state index contributed by atoms with van der Waals surface area (Å²) in [6.45, 7) is 9.33. The largest absolute Gasteiger partial charge is 0.147 e. The molecule has 0 heterocycles. The second kappa shape index (κ2) is 7.47. The van der Waals surface area contributed by atoms with E-state index in [-0.39, 0.29) is 30.2 Å². The van der Waals surface area contributed by atoms with Crippen molar-refractivity contribution in [1.82, 2.24) is 0 Å². The Kier molecular flexibility index (Phi) is 6.84. The molecule has 0 bridgehead atoms. The Morgan fingerprint density at radius 1 is 0.880 bits per heavy atom. The zero-order chi connectivity index (χ0) is 16.9. The number of halogens is 2. The Hall–Kier alpha value is -0.140. The third-order valence-corrected chi connectivity index (χ3v) is 21.7. The Balaban J connectivity index is 0.00000156. The van der Waals surface area contributed by atoms with Crippen LogP contribution in [0.2, 0.25) is 9.26 Å². The van der Waals surface area contributed by atoms with Crippen LogP contribution in [0.25, 0.3) is 11.1 Å². The number of fused-ring (bicyclic) bond motifs is 1. The Morgan fingerprint density at radius 3 is 2.12 bits per heavy atom. The molecule has 0 aromatic heterocycles. The number of rotatable bonds is 2. The van der Waals surface area contributed by atoms with Crippen LogP contribution in [0.1, 0.15) is 27.2 Å². The molecule has 4 heteroatoms. The molecule has 0 spiro atoms. The van der Waals surface area contributed by atoms with E-state index >= 15 is 0 Å². The maximum absolute atomic E-state index is 3.10. The van der Waals surface area contributed by atoms with E-state index in [1.165, 1.54) is 17.5 Å². The molecule has 25 heavy (non-hydrogen) atoms. The second-order valence-corrected chi connectivity index (χ2v) is 37.7. The molecule has 3 aliphatic carbocycles. The van der Waals surface area contributed by atoms with Gasteiger partial charge < -0.3 is 0 Å². The van der Waals surface area contributed by atoms with Crippen molar-refractivity contribution in [3.63, 3.8) is 0 Å². The first-order valence-corrected chi connectivity index (χ1v) is 21.8. The van der Waals surface area contributed by atoms with Gasteiger partial charge in [0, 0.05) is 0 Å². The summed E-state index contributed by atoms with van der Waals surface area (Å²) >= 11 is -3.10. The van der Waals surface area contributed by atoms with E-state index in [0.29, 0.717) is 0 Å². The van der Waals surface area contributed by atoms with Crippen LogP contribution in [0.3, 0.4) is 0 Å². The summed E-state index contributed by atoms with van der Waals surface area (Å²) < 4.78 is 8.58. The minimum atomic E-state index is -3.10.